The molecule has 1 saturated heterocycles. The van der Waals surface area contributed by atoms with E-state index in [-0.39, 0.29) is 5.75 Å². The Labute approximate surface area is 112 Å². The monoisotopic (exact) mass is 271 g/mol. The number of nitrogens with one attached hydrogen (secondary N) is 1. The summed E-state index contributed by atoms with van der Waals surface area (Å²) in [6, 6.07) is 5.49. The average molecular weight is 272 g/mol. The molecule has 1 aliphatic rings. The van der Waals surface area contributed by atoms with Crippen LogP contribution in [0.3, 0.4) is 0 Å². The number of aromatic hydroxyl groups is 1. The second-order valence-electron chi connectivity index (χ2n) is 4.43. The van der Waals surface area contributed by atoms with Gasteiger partial charge in [-0.1, -0.05) is 23.7 Å². The second-order valence-corrected chi connectivity index (χ2v) is 6.07. The van der Waals surface area contributed by atoms with Gasteiger partial charge in [0.15, 0.2) is 0 Å². The molecule has 0 atom stereocenters. The molecule has 0 radical (unpaired) electrons. The van der Waals surface area contributed by atoms with Gasteiger partial charge in [-0.3, -0.25) is 0 Å². The molecule has 0 aliphatic carbocycles. The predicted octanol–water partition coefficient (Wildman–Crippen LogP) is 3.28. The molecule has 2 rings (SSSR count). The summed E-state index contributed by atoms with van der Waals surface area (Å²) in [5, 5.41) is 13.6. The zero-order chi connectivity index (χ0) is 12.1. The van der Waals surface area contributed by atoms with Crippen LogP contribution < -0.4 is 5.32 Å². The summed E-state index contributed by atoms with van der Waals surface area (Å²) < 4.78 is 0. The standard InChI is InChI=1S/C13H18ClNOS/c14-12-3-1-2-11(13(12)16)9-15-8-10-4-6-17-7-5-10/h1-3,10,15-16H,4-9H2. The molecule has 1 aromatic rings. The molecule has 2 nitrogen and oxygen atoms in total. The number of phenols is 1. The van der Waals surface area contributed by atoms with Crippen LogP contribution in [0.4, 0.5) is 0 Å². The van der Waals surface area contributed by atoms with Crippen molar-refractivity contribution in [3.05, 3.63) is 28.8 Å². The van der Waals surface area contributed by atoms with E-state index in [2.05, 4.69) is 5.32 Å². The average Bonchev–Trinajstić information content (AvgIpc) is 2.36. The Hall–Kier alpha value is -0.380. The highest BCUT2D eigenvalue weighted by atomic mass is 35.5. The minimum Gasteiger partial charge on any atom is -0.506 e. The third-order valence-electron chi connectivity index (χ3n) is 3.16. The van der Waals surface area contributed by atoms with E-state index >= 15 is 0 Å². The van der Waals surface area contributed by atoms with E-state index in [1.165, 1.54) is 24.3 Å². The molecule has 17 heavy (non-hydrogen) atoms. The summed E-state index contributed by atoms with van der Waals surface area (Å²) >= 11 is 7.91. The molecule has 94 valence electrons. The molecular formula is C13H18ClNOS. The fourth-order valence-corrected chi connectivity index (χ4v) is 3.46. The molecule has 0 unspecified atom stereocenters. The summed E-state index contributed by atoms with van der Waals surface area (Å²) in [4.78, 5) is 0. The van der Waals surface area contributed by atoms with Crippen molar-refractivity contribution in [1.29, 1.82) is 0 Å². The fraction of sp³-hybridized carbons (Fsp3) is 0.538. The van der Waals surface area contributed by atoms with Gasteiger partial charge in [-0.25, -0.2) is 0 Å². The highest BCUT2D eigenvalue weighted by Gasteiger charge is 2.13. The smallest absolute Gasteiger partial charge is 0.138 e. The molecule has 2 N–H and O–H groups in total. The van der Waals surface area contributed by atoms with Gasteiger partial charge >= 0.3 is 0 Å². The van der Waals surface area contributed by atoms with E-state index in [1.54, 1.807) is 6.07 Å². The lowest BCUT2D eigenvalue weighted by Crippen LogP contribution is -2.25. The second kappa shape index (κ2) is 6.53. The molecule has 0 spiro atoms. The normalized spacial score (nSPS) is 17.2. The van der Waals surface area contributed by atoms with Gasteiger partial charge in [-0.05, 0) is 42.9 Å². The first-order chi connectivity index (χ1) is 8.27. The minimum atomic E-state index is 0.209. The van der Waals surface area contributed by atoms with Gasteiger partial charge in [0.25, 0.3) is 0 Å². The maximum atomic E-state index is 9.76. The molecule has 1 aliphatic heterocycles. The van der Waals surface area contributed by atoms with Crippen molar-refractivity contribution in [2.45, 2.75) is 19.4 Å². The third kappa shape index (κ3) is 3.80. The first-order valence-electron chi connectivity index (χ1n) is 6.02. The molecule has 1 aromatic carbocycles. The summed E-state index contributed by atoms with van der Waals surface area (Å²) in [6.45, 7) is 1.72. The highest BCUT2D eigenvalue weighted by Crippen LogP contribution is 2.27. The van der Waals surface area contributed by atoms with Gasteiger partial charge in [0, 0.05) is 12.1 Å². The fourth-order valence-electron chi connectivity index (χ4n) is 2.06. The van der Waals surface area contributed by atoms with Gasteiger partial charge in [0.2, 0.25) is 0 Å². The molecule has 1 heterocycles. The molecule has 4 heteroatoms. The summed E-state index contributed by atoms with van der Waals surface area (Å²) in [7, 11) is 0. The van der Waals surface area contributed by atoms with Gasteiger partial charge < -0.3 is 10.4 Å². The molecule has 0 saturated carbocycles. The van der Waals surface area contributed by atoms with E-state index in [0.717, 1.165) is 18.0 Å². The highest BCUT2D eigenvalue weighted by molar-refractivity contribution is 7.99. The Kier molecular flexibility index (Phi) is 5.01. The number of para-hydroxylation sites is 1. The molecule has 0 amide bonds. The lowest BCUT2D eigenvalue weighted by atomic mass is 10.0. The molecular weight excluding hydrogens is 254 g/mol. The van der Waals surface area contributed by atoms with E-state index in [1.807, 2.05) is 23.9 Å². The lowest BCUT2D eigenvalue weighted by molar-refractivity contribution is 0.436. The van der Waals surface area contributed by atoms with Gasteiger partial charge in [-0.2, -0.15) is 11.8 Å². The number of hydrogen-bond donors (Lipinski definition) is 2. The first-order valence-corrected chi connectivity index (χ1v) is 7.55. The Morgan fingerprint density at radius 1 is 1.35 bits per heavy atom. The Balaban J connectivity index is 1.79. The number of rotatable bonds is 4. The zero-order valence-corrected chi connectivity index (χ0v) is 11.4. The summed E-state index contributed by atoms with van der Waals surface area (Å²) in [5.41, 5.74) is 0.877. The van der Waals surface area contributed by atoms with Crippen molar-refractivity contribution < 1.29 is 5.11 Å². The Morgan fingerprint density at radius 2 is 2.12 bits per heavy atom. The van der Waals surface area contributed by atoms with E-state index in [9.17, 15) is 5.11 Å². The van der Waals surface area contributed by atoms with E-state index in [4.69, 9.17) is 11.6 Å². The van der Waals surface area contributed by atoms with E-state index in [0.29, 0.717) is 11.6 Å². The van der Waals surface area contributed by atoms with Crippen LogP contribution in [-0.2, 0) is 6.54 Å². The largest absolute Gasteiger partial charge is 0.506 e. The topological polar surface area (TPSA) is 32.3 Å². The van der Waals surface area contributed by atoms with Crippen molar-refractivity contribution in [1.82, 2.24) is 5.32 Å². The third-order valence-corrected chi connectivity index (χ3v) is 4.51. The zero-order valence-electron chi connectivity index (χ0n) is 9.79. The van der Waals surface area contributed by atoms with Crippen molar-refractivity contribution in [2.75, 3.05) is 18.1 Å². The van der Waals surface area contributed by atoms with Crippen LogP contribution in [0, 0.1) is 5.92 Å². The maximum Gasteiger partial charge on any atom is 0.138 e. The maximum absolute atomic E-state index is 9.76. The molecule has 0 bridgehead atoms. The Morgan fingerprint density at radius 3 is 2.88 bits per heavy atom. The summed E-state index contributed by atoms with van der Waals surface area (Å²) in [5.74, 6) is 3.57. The van der Waals surface area contributed by atoms with Crippen LogP contribution in [-0.4, -0.2) is 23.2 Å². The molecule has 0 aromatic heterocycles. The quantitative estimate of drug-likeness (QED) is 0.882. The lowest BCUT2D eigenvalue weighted by Gasteiger charge is -2.21. The number of benzene rings is 1. The van der Waals surface area contributed by atoms with E-state index < -0.39 is 0 Å². The van der Waals surface area contributed by atoms with Gasteiger partial charge in [0.1, 0.15) is 5.75 Å². The van der Waals surface area contributed by atoms with Crippen molar-refractivity contribution in [3.8, 4) is 5.75 Å². The number of halogens is 1. The van der Waals surface area contributed by atoms with Crippen LogP contribution in [0.15, 0.2) is 18.2 Å². The number of thioether (sulfide) groups is 1. The van der Waals surface area contributed by atoms with Gasteiger partial charge in [0.05, 0.1) is 5.02 Å². The van der Waals surface area contributed by atoms with Crippen LogP contribution >= 0.6 is 23.4 Å². The first kappa shape index (κ1) is 13.1. The van der Waals surface area contributed by atoms with Crippen LogP contribution in [0.5, 0.6) is 5.75 Å². The van der Waals surface area contributed by atoms with Crippen LogP contribution in [0.25, 0.3) is 0 Å². The van der Waals surface area contributed by atoms with Crippen molar-refractivity contribution in [2.24, 2.45) is 5.92 Å². The van der Waals surface area contributed by atoms with Crippen LogP contribution in [0.1, 0.15) is 18.4 Å². The number of phenolic OH excluding ortho intramolecular Hbond substituents is 1. The SMILES string of the molecule is Oc1c(Cl)cccc1CNCC1CCSCC1. The van der Waals surface area contributed by atoms with Crippen molar-refractivity contribution >= 4 is 23.4 Å². The Bertz CT molecular complexity index is 366. The predicted molar refractivity (Wildman–Crippen MR) is 74.9 cm³/mol. The summed E-state index contributed by atoms with van der Waals surface area (Å²) in [6.07, 6.45) is 2.61. The van der Waals surface area contributed by atoms with Crippen molar-refractivity contribution in [3.63, 3.8) is 0 Å². The van der Waals surface area contributed by atoms with Gasteiger partial charge in [-0.15, -0.1) is 0 Å². The molecule has 1 fully saturated rings. The minimum absolute atomic E-state index is 0.209. The number of hydrogen-bond acceptors (Lipinski definition) is 3. The van der Waals surface area contributed by atoms with Crippen LogP contribution in [0.2, 0.25) is 5.02 Å².